The Morgan fingerprint density at radius 2 is 1.50 bits per heavy atom. The predicted molar refractivity (Wildman–Crippen MR) is 89.3 cm³/mol. The number of ether oxygens (including phenoxy) is 1. The van der Waals surface area contributed by atoms with Crippen LogP contribution in [-0.4, -0.2) is 23.9 Å². The average molecular weight is 319 g/mol. The normalized spacial score (nSPS) is 9.58. The lowest BCUT2D eigenvalue weighted by atomic mass is 10.1. The van der Waals surface area contributed by atoms with Gasteiger partial charge in [0.2, 0.25) is 0 Å². The zero-order valence-electron chi connectivity index (χ0n) is 13.2. The van der Waals surface area contributed by atoms with Crippen molar-refractivity contribution in [1.82, 2.24) is 4.90 Å². The van der Waals surface area contributed by atoms with Crippen LogP contribution in [0.1, 0.15) is 23.2 Å². The number of benzene rings is 2. The summed E-state index contributed by atoms with van der Waals surface area (Å²) < 4.78 is 5.81. The van der Waals surface area contributed by atoms with Gasteiger partial charge in [-0.3, -0.25) is 4.79 Å². The molecule has 0 bridgehead atoms. The van der Waals surface area contributed by atoms with Crippen LogP contribution < -0.4 is 4.74 Å². The van der Waals surface area contributed by atoms with Crippen molar-refractivity contribution in [2.75, 3.05) is 13.1 Å². The first-order chi connectivity index (χ1) is 11.8. The Bertz CT molecular complexity index is 742. The molecule has 2 aromatic rings. The van der Waals surface area contributed by atoms with Gasteiger partial charge in [-0.1, -0.05) is 30.3 Å². The molecular formula is C19H17N3O2. The highest BCUT2D eigenvalue weighted by atomic mass is 16.5. The molecule has 0 saturated carbocycles. The van der Waals surface area contributed by atoms with Gasteiger partial charge in [0.25, 0.3) is 5.91 Å². The molecule has 24 heavy (non-hydrogen) atoms. The number of nitrogens with zero attached hydrogens (tertiary/aromatic N) is 3. The van der Waals surface area contributed by atoms with Crippen molar-refractivity contribution in [2.45, 2.75) is 12.8 Å². The average Bonchev–Trinajstić information content (AvgIpc) is 2.63. The summed E-state index contributed by atoms with van der Waals surface area (Å²) >= 11 is 0. The van der Waals surface area contributed by atoms with E-state index in [-0.39, 0.29) is 31.8 Å². The second-order valence-corrected chi connectivity index (χ2v) is 5.02. The lowest BCUT2D eigenvalue weighted by Crippen LogP contribution is -2.33. The zero-order valence-corrected chi connectivity index (χ0v) is 13.2. The third-order valence-corrected chi connectivity index (χ3v) is 3.36. The van der Waals surface area contributed by atoms with E-state index in [0.717, 1.165) is 0 Å². The first kappa shape index (κ1) is 17.1. The summed E-state index contributed by atoms with van der Waals surface area (Å²) in [7, 11) is 0. The van der Waals surface area contributed by atoms with Crippen LogP contribution in [0.5, 0.6) is 11.5 Å². The van der Waals surface area contributed by atoms with Gasteiger partial charge in [-0.2, -0.15) is 10.5 Å². The van der Waals surface area contributed by atoms with Crippen molar-refractivity contribution in [3.63, 3.8) is 0 Å². The molecule has 0 saturated heterocycles. The number of hydrogen-bond donors (Lipinski definition) is 0. The van der Waals surface area contributed by atoms with Gasteiger partial charge in [0, 0.05) is 13.1 Å². The number of rotatable bonds is 7. The van der Waals surface area contributed by atoms with E-state index in [9.17, 15) is 4.79 Å². The van der Waals surface area contributed by atoms with Gasteiger partial charge in [0.05, 0.1) is 30.5 Å². The van der Waals surface area contributed by atoms with Crippen LogP contribution in [0.4, 0.5) is 0 Å². The zero-order chi connectivity index (χ0) is 17.2. The topological polar surface area (TPSA) is 77.1 Å². The fourth-order valence-corrected chi connectivity index (χ4v) is 2.20. The fourth-order valence-electron chi connectivity index (χ4n) is 2.20. The lowest BCUT2D eigenvalue weighted by Gasteiger charge is -2.21. The van der Waals surface area contributed by atoms with Crippen LogP contribution in [-0.2, 0) is 0 Å². The molecule has 2 aromatic carbocycles. The van der Waals surface area contributed by atoms with Crippen molar-refractivity contribution in [2.24, 2.45) is 0 Å². The van der Waals surface area contributed by atoms with Crippen LogP contribution in [0.25, 0.3) is 0 Å². The van der Waals surface area contributed by atoms with Crippen molar-refractivity contribution in [3.05, 3.63) is 60.2 Å². The molecule has 0 spiro atoms. The van der Waals surface area contributed by atoms with Crippen LogP contribution in [0.15, 0.2) is 54.6 Å². The Kier molecular flexibility index (Phi) is 6.37. The maximum atomic E-state index is 12.8. The van der Waals surface area contributed by atoms with Gasteiger partial charge in [-0.05, 0) is 24.3 Å². The largest absolute Gasteiger partial charge is 0.457 e. The van der Waals surface area contributed by atoms with Crippen molar-refractivity contribution < 1.29 is 9.53 Å². The minimum absolute atomic E-state index is 0.221. The molecule has 0 aliphatic heterocycles. The molecule has 5 heteroatoms. The molecule has 0 fully saturated rings. The molecule has 0 aromatic heterocycles. The molecular weight excluding hydrogens is 302 g/mol. The maximum absolute atomic E-state index is 12.8. The summed E-state index contributed by atoms with van der Waals surface area (Å²) in [5.74, 6) is 0.845. The number of nitriles is 2. The number of amides is 1. The SMILES string of the molecule is N#CCCN(CCC#N)C(=O)c1ccccc1Oc1ccccc1. The Labute approximate surface area is 141 Å². The molecule has 120 valence electrons. The molecule has 2 rings (SSSR count). The molecule has 0 radical (unpaired) electrons. The van der Waals surface area contributed by atoms with E-state index in [2.05, 4.69) is 0 Å². The van der Waals surface area contributed by atoms with Gasteiger partial charge in [-0.15, -0.1) is 0 Å². The van der Waals surface area contributed by atoms with E-state index >= 15 is 0 Å². The lowest BCUT2D eigenvalue weighted by molar-refractivity contribution is 0.0760. The first-order valence-corrected chi connectivity index (χ1v) is 7.61. The third-order valence-electron chi connectivity index (χ3n) is 3.36. The van der Waals surface area contributed by atoms with Crippen molar-refractivity contribution >= 4 is 5.91 Å². The van der Waals surface area contributed by atoms with E-state index < -0.39 is 0 Å². The Morgan fingerprint density at radius 1 is 0.917 bits per heavy atom. The summed E-state index contributed by atoms with van der Waals surface area (Å²) in [4.78, 5) is 14.3. The second kappa shape index (κ2) is 8.97. The molecule has 1 amide bonds. The van der Waals surface area contributed by atoms with E-state index in [1.54, 1.807) is 24.3 Å². The summed E-state index contributed by atoms with van der Waals surface area (Å²) in [6, 6.07) is 20.2. The van der Waals surface area contributed by atoms with Gasteiger partial charge in [0.1, 0.15) is 11.5 Å². The fraction of sp³-hybridized carbons (Fsp3) is 0.211. The summed E-state index contributed by atoms with van der Waals surface area (Å²) in [6.07, 6.45) is 0.442. The summed E-state index contributed by atoms with van der Waals surface area (Å²) in [5.41, 5.74) is 0.414. The van der Waals surface area contributed by atoms with Gasteiger partial charge < -0.3 is 9.64 Å². The van der Waals surface area contributed by atoms with E-state index in [4.69, 9.17) is 15.3 Å². The quantitative estimate of drug-likeness (QED) is 0.778. The second-order valence-electron chi connectivity index (χ2n) is 5.02. The van der Waals surface area contributed by atoms with Crippen LogP contribution >= 0.6 is 0 Å². The van der Waals surface area contributed by atoms with Gasteiger partial charge in [0.15, 0.2) is 0 Å². The molecule has 0 N–H and O–H groups in total. The third kappa shape index (κ3) is 4.59. The van der Waals surface area contributed by atoms with Gasteiger partial charge in [-0.25, -0.2) is 0 Å². The van der Waals surface area contributed by atoms with E-state index in [0.29, 0.717) is 17.1 Å². The molecule has 0 heterocycles. The minimum atomic E-state index is -0.243. The minimum Gasteiger partial charge on any atom is -0.457 e. The Morgan fingerprint density at radius 3 is 2.12 bits per heavy atom. The Hall–Kier alpha value is -3.31. The van der Waals surface area contributed by atoms with Crippen LogP contribution in [0.3, 0.4) is 0 Å². The molecule has 5 nitrogen and oxygen atoms in total. The van der Waals surface area contributed by atoms with E-state index in [1.165, 1.54) is 4.90 Å². The molecule has 0 aliphatic carbocycles. The maximum Gasteiger partial charge on any atom is 0.257 e. The highest BCUT2D eigenvalue weighted by molar-refractivity contribution is 5.97. The van der Waals surface area contributed by atoms with Gasteiger partial charge >= 0.3 is 0 Å². The first-order valence-electron chi connectivity index (χ1n) is 7.61. The number of hydrogen-bond acceptors (Lipinski definition) is 4. The molecule has 0 atom stereocenters. The van der Waals surface area contributed by atoms with Crippen molar-refractivity contribution in [3.8, 4) is 23.6 Å². The number of carbonyl (C=O) groups excluding carboxylic acids is 1. The predicted octanol–water partition coefficient (Wildman–Crippen LogP) is 3.75. The standard InChI is InChI=1S/C19H17N3O2/c20-12-6-14-22(15-7-13-21)19(23)17-10-4-5-11-18(17)24-16-8-2-1-3-9-16/h1-5,8-11H,6-7,14-15H2. The highest BCUT2D eigenvalue weighted by Gasteiger charge is 2.19. The van der Waals surface area contributed by atoms with Crippen LogP contribution in [0.2, 0.25) is 0 Å². The Balaban J connectivity index is 2.24. The highest BCUT2D eigenvalue weighted by Crippen LogP contribution is 2.26. The number of para-hydroxylation sites is 2. The van der Waals surface area contributed by atoms with Crippen LogP contribution in [0, 0.1) is 22.7 Å². The molecule has 0 unspecified atom stereocenters. The molecule has 0 aliphatic rings. The van der Waals surface area contributed by atoms with Crippen molar-refractivity contribution in [1.29, 1.82) is 10.5 Å². The smallest absolute Gasteiger partial charge is 0.257 e. The summed E-state index contributed by atoms with van der Waals surface area (Å²) in [6.45, 7) is 0.577. The van der Waals surface area contributed by atoms with E-state index in [1.807, 2.05) is 42.5 Å². The monoisotopic (exact) mass is 319 g/mol. The summed E-state index contributed by atoms with van der Waals surface area (Å²) in [5, 5.41) is 17.5. The number of carbonyl (C=O) groups is 1.